The van der Waals surface area contributed by atoms with Gasteiger partial charge in [0.1, 0.15) is 21.6 Å². The van der Waals surface area contributed by atoms with Crippen molar-refractivity contribution in [3.05, 3.63) is 40.5 Å². The number of anilines is 1. The number of para-hydroxylation sites is 1. The summed E-state index contributed by atoms with van der Waals surface area (Å²) < 4.78 is 42.8. The van der Waals surface area contributed by atoms with Crippen molar-refractivity contribution in [3.8, 4) is 0 Å². The van der Waals surface area contributed by atoms with Gasteiger partial charge in [-0.2, -0.15) is 4.31 Å². The number of carbonyl (C=O) groups is 1. The van der Waals surface area contributed by atoms with Crippen LogP contribution < -0.4 is 4.90 Å². The van der Waals surface area contributed by atoms with Crippen molar-refractivity contribution in [2.24, 2.45) is 0 Å². The van der Waals surface area contributed by atoms with Crippen LogP contribution in [0.1, 0.15) is 12.8 Å². The molecule has 12 heteroatoms. The third-order valence-corrected chi connectivity index (χ3v) is 10.5. The second-order valence-corrected chi connectivity index (χ2v) is 12.6. The first-order valence-electron chi connectivity index (χ1n) is 10.2. The highest BCUT2D eigenvalue weighted by molar-refractivity contribution is 7.91. The second kappa shape index (κ2) is 8.53. The second-order valence-electron chi connectivity index (χ2n) is 7.73. The fraction of sp³-hybridized carbons (Fsp3) is 0.400. The van der Waals surface area contributed by atoms with Crippen LogP contribution in [-0.2, 0) is 14.8 Å². The molecule has 0 spiro atoms. The molecule has 170 valence electrons. The summed E-state index contributed by atoms with van der Waals surface area (Å²) in [5, 5.41) is 0.733. The van der Waals surface area contributed by atoms with E-state index in [1.54, 1.807) is 17.0 Å². The van der Waals surface area contributed by atoms with Crippen molar-refractivity contribution in [1.82, 2.24) is 14.2 Å². The molecule has 0 aliphatic carbocycles. The van der Waals surface area contributed by atoms with E-state index in [9.17, 15) is 17.6 Å². The molecular weight excluding hydrogens is 495 g/mol. The standard InChI is InChI=1S/C20H20ClFN4O3S3/c21-16-6-7-17(31-16)32(28,29)26-8-2-4-14(26)19(27)24-9-11-25(12-10-24)20-23-18-13(22)3-1-5-15(18)30-20/h1,3,5-7,14H,2,4,8-12H2. The summed E-state index contributed by atoms with van der Waals surface area (Å²) in [6, 6.07) is 7.26. The van der Waals surface area contributed by atoms with Gasteiger partial charge < -0.3 is 9.80 Å². The van der Waals surface area contributed by atoms with Crippen LogP contribution in [-0.4, -0.2) is 67.3 Å². The van der Waals surface area contributed by atoms with Gasteiger partial charge in [-0.3, -0.25) is 4.79 Å². The highest BCUT2D eigenvalue weighted by atomic mass is 35.5. The number of sulfonamides is 1. The Morgan fingerprint density at radius 3 is 2.56 bits per heavy atom. The van der Waals surface area contributed by atoms with Crippen molar-refractivity contribution in [3.63, 3.8) is 0 Å². The van der Waals surface area contributed by atoms with Gasteiger partial charge in [0, 0.05) is 32.7 Å². The first-order valence-corrected chi connectivity index (χ1v) is 13.7. The van der Waals surface area contributed by atoms with Crippen molar-refractivity contribution < 1.29 is 17.6 Å². The number of piperazine rings is 1. The Morgan fingerprint density at radius 2 is 1.88 bits per heavy atom. The maximum Gasteiger partial charge on any atom is 0.253 e. The molecule has 1 aromatic carbocycles. The van der Waals surface area contributed by atoms with Gasteiger partial charge in [0.05, 0.1) is 9.04 Å². The van der Waals surface area contributed by atoms with Gasteiger partial charge in [-0.15, -0.1) is 11.3 Å². The summed E-state index contributed by atoms with van der Waals surface area (Å²) in [5.41, 5.74) is 0.367. The molecular formula is C20H20ClFN4O3S3. The molecule has 7 nitrogen and oxygen atoms in total. The largest absolute Gasteiger partial charge is 0.345 e. The van der Waals surface area contributed by atoms with Crippen molar-refractivity contribution in [2.75, 3.05) is 37.6 Å². The lowest BCUT2D eigenvalue weighted by molar-refractivity contribution is -0.134. The molecule has 2 aromatic heterocycles. The van der Waals surface area contributed by atoms with E-state index >= 15 is 0 Å². The number of amides is 1. The van der Waals surface area contributed by atoms with Crippen molar-refractivity contribution in [2.45, 2.75) is 23.1 Å². The molecule has 2 aliphatic rings. The Balaban J connectivity index is 1.28. The highest BCUT2D eigenvalue weighted by Gasteiger charge is 2.42. The van der Waals surface area contributed by atoms with Gasteiger partial charge >= 0.3 is 0 Å². The van der Waals surface area contributed by atoms with Gasteiger partial charge in [-0.05, 0) is 37.1 Å². The molecule has 0 N–H and O–H groups in total. The first-order chi connectivity index (χ1) is 15.3. The molecule has 2 aliphatic heterocycles. The molecule has 0 radical (unpaired) electrons. The van der Waals surface area contributed by atoms with Crippen LogP contribution >= 0.6 is 34.3 Å². The van der Waals surface area contributed by atoms with E-state index in [1.165, 1.54) is 27.8 Å². The molecule has 32 heavy (non-hydrogen) atoms. The number of thiophene rings is 1. The molecule has 4 heterocycles. The van der Waals surface area contributed by atoms with Gasteiger partial charge in [0.2, 0.25) is 5.91 Å². The monoisotopic (exact) mass is 514 g/mol. The third-order valence-electron chi connectivity index (χ3n) is 5.82. The molecule has 2 fully saturated rings. The van der Waals surface area contributed by atoms with Crippen LogP contribution in [0.15, 0.2) is 34.5 Å². The average molecular weight is 515 g/mol. The highest BCUT2D eigenvalue weighted by Crippen LogP contribution is 2.34. The fourth-order valence-electron chi connectivity index (χ4n) is 4.19. The van der Waals surface area contributed by atoms with Gasteiger partial charge in [-0.1, -0.05) is 29.0 Å². The number of rotatable bonds is 4. The zero-order valence-electron chi connectivity index (χ0n) is 16.9. The molecule has 5 rings (SSSR count). The van der Waals surface area contributed by atoms with Gasteiger partial charge in [0.15, 0.2) is 5.13 Å². The lowest BCUT2D eigenvalue weighted by Crippen LogP contribution is -2.54. The Bertz CT molecular complexity index is 1270. The zero-order chi connectivity index (χ0) is 22.5. The Labute approximate surface area is 198 Å². The maximum absolute atomic E-state index is 14.0. The number of aromatic nitrogens is 1. The normalized spacial score (nSPS) is 20.4. The molecule has 2 saturated heterocycles. The predicted molar refractivity (Wildman–Crippen MR) is 125 cm³/mol. The summed E-state index contributed by atoms with van der Waals surface area (Å²) in [7, 11) is -3.76. The van der Waals surface area contributed by atoms with E-state index in [0.29, 0.717) is 55.4 Å². The van der Waals surface area contributed by atoms with E-state index in [2.05, 4.69) is 4.98 Å². The number of hydrogen-bond acceptors (Lipinski definition) is 7. The molecule has 1 amide bonds. The topological polar surface area (TPSA) is 73.8 Å². The summed E-state index contributed by atoms with van der Waals surface area (Å²) in [6.07, 6.45) is 1.15. The lowest BCUT2D eigenvalue weighted by Gasteiger charge is -2.37. The minimum Gasteiger partial charge on any atom is -0.345 e. The summed E-state index contributed by atoms with van der Waals surface area (Å²) in [6.45, 7) is 2.38. The van der Waals surface area contributed by atoms with Crippen LogP contribution in [0.3, 0.4) is 0 Å². The van der Waals surface area contributed by atoms with Crippen molar-refractivity contribution >= 4 is 65.6 Å². The van der Waals surface area contributed by atoms with Crippen LogP contribution in [0.5, 0.6) is 0 Å². The van der Waals surface area contributed by atoms with E-state index in [4.69, 9.17) is 11.6 Å². The number of halogens is 2. The van der Waals surface area contributed by atoms with Crippen LogP contribution in [0.2, 0.25) is 4.34 Å². The number of carbonyl (C=O) groups excluding carboxylic acids is 1. The predicted octanol–water partition coefficient (Wildman–Crippen LogP) is 3.65. The van der Waals surface area contributed by atoms with Crippen LogP contribution in [0.25, 0.3) is 10.2 Å². The smallest absolute Gasteiger partial charge is 0.253 e. The Hall–Kier alpha value is -1.79. The molecule has 1 unspecified atom stereocenters. The molecule has 1 atom stereocenters. The average Bonchev–Trinajstić information content (AvgIpc) is 3.53. The van der Waals surface area contributed by atoms with E-state index < -0.39 is 16.1 Å². The molecule has 0 bridgehead atoms. The number of nitrogens with zero attached hydrogens (tertiary/aromatic N) is 4. The maximum atomic E-state index is 14.0. The third kappa shape index (κ3) is 3.90. The summed E-state index contributed by atoms with van der Waals surface area (Å²) >= 11 is 8.36. The number of benzene rings is 1. The van der Waals surface area contributed by atoms with Crippen molar-refractivity contribution in [1.29, 1.82) is 0 Å². The van der Waals surface area contributed by atoms with Gasteiger partial charge in [-0.25, -0.2) is 17.8 Å². The molecule has 3 aromatic rings. The Kier molecular flexibility index (Phi) is 5.87. The lowest BCUT2D eigenvalue weighted by atomic mass is 10.2. The zero-order valence-corrected chi connectivity index (χ0v) is 20.1. The minimum atomic E-state index is -3.76. The number of thiazole rings is 1. The summed E-state index contributed by atoms with van der Waals surface area (Å²) in [4.78, 5) is 21.4. The number of fused-ring (bicyclic) bond motifs is 1. The van der Waals surface area contributed by atoms with E-state index in [-0.39, 0.29) is 15.9 Å². The quantitative estimate of drug-likeness (QED) is 0.531. The van der Waals surface area contributed by atoms with E-state index in [1.807, 2.05) is 11.0 Å². The Morgan fingerprint density at radius 1 is 1.09 bits per heavy atom. The first kappa shape index (κ1) is 22.0. The van der Waals surface area contributed by atoms with Crippen LogP contribution in [0.4, 0.5) is 9.52 Å². The van der Waals surface area contributed by atoms with Crippen LogP contribution in [0, 0.1) is 5.82 Å². The molecule has 0 saturated carbocycles. The minimum absolute atomic E-state index is 0.162. The van der Waals surface area contributed by atoms with Gasteiger partial charge in [0.25, 0.3) is 10.0 Å². The SMILES string of the molecule is O=C(C1CCCN1S(=O)(=O)c1ccc(Cl)s1)N1CCN(c2nc3c(F)cccc3s2)CC1. The fourth-order valence-corrected chi connectivity index (χ4v) is 8.49. The number of hydrogen-bond donors (Lipinski definition) is 0. The summed E-state index contributed by atoms with van der Waals surface area (Å²) in [5.74, 6) is -0.503. The van der Waals surface area contributed by atoms with E-state index in [0.717, 1.165) is 21.2 Å².